The molecule has 1 heterocycles. The van der Waals surface area contributed by atoms with Crippen LogP contribution in [-0.4, -0.2) is 36.8 Å². The fourth-order valence-electron chi connectivity index (χ4n) is 2.42. The molecule has 6 heteroatoms. The molecular formula is C19H20N4O2. The summed E-state index contributed by atoms with van der Waals surface area (Å²) in [5.74, 6) is 0.955. The number of hydrogen-bond acceptors (Lipinski definition) is 4. The Morgan fingerprint density at radius 1 is 1.28 bits per heavy atom. The Morgan fingerprint density at radius 3 is 2.72 bits per heavy atom. The van der Waals surface area contributed by atoms with E-state index in [-0.39, 0.29) is 5.91 Å². The monoisotopic (exact) mass is 336 g/mol. The minimum Gasteiger partial charge on any atom is -0.490 e. The van der Waals surface area contributed by atoms with Crippen LogP contribution in [0.3, 0.4) is 0 Å². The van der Waals surface area contributed by atoms with Gasteiger partial charge in [0.2, 0.25) is 0 Å². The van der Waals surface area contributed by atoms with E-state index in [1.165, 1.54) is 0 Å². The SMILES string of the molecule is C=CCOc1ccc2[nH]nc(NC(=O)c3ccc(N(C)C)cc3)c2c1. The third-order valence-corrected chi connectivity index (χ3v) is 3.78. The lowest BCUT2D eigenvalue weighted by molar-refractivity contribution is 0.102. The predicted octanol–water partition coefficient (Wildman–Crippen LogP) is 3.45. The summed E-state index contributed by atoms with van der Waals surface area (Å²) in [6.07, 6.45) is 1.68. The molecule has 128 valence electrons. The van der Waals surface area contributed by atoms with E-state index in [9.17, 15) is 4.79 Å². The molecule has 0 aliphatic heterocycles. The smallest absolute Gasteiger partial charge is 0.256 e. The summed E-state index contributed by atoms with van der Waals surface area (Å²) in [4.78, 5) is 14.5. The zero-order valence-corrected chi connectivity index (χ0v) is 14.2. The first-order valence-electron chi connectivity index (χ1n) is 7.89. The standard InChI is InChI=1S/C19H20N4O2/c1-4-11-25-15-9-10-17-16(12-15)18(22-21-17)20-19(24)13-5-7-14(8-6-13)23(2)3/h4-10,12H,1,11H2,2-3H3,(H2,20,21,22,24). The average molecular weight is 336 g/mol. The van der Waals surface area contributed by atoms with Gasteiger partial charge >= 0.3 is 0 Å². The summed E-state index contributed by atoms with van der Waals surface area (Å²) < 4.78 is 5.54. The number of hydrogen-bond donors (Lipinski definition) is 2. The number of aromatic nitrogens is 2. The largest absolute Gasteiger partial charge is 0.490 e. The van der Waals surface area contributed by atoms with E-state index in [1.807, 2.05) is 49.3 Å². The van der Waals surface area contributed by atoms with Gasteiger partial charge in [-0.2, -0.15) is 5.10 Å². The van der Waals surface area contributed by atoms with Gasteiger partial charge in [0.15, 0.2) is 5.82 Å². The lowest BCUT2D eigenvalue weighted by Gasteiger charge is -2.12. The van der Waals surface area contributed by atoms with Crippen LogP contribution in [-0.2, 0) is 0 Å². The maximum atomic E-state index is 12.5. The Morgan fingerprint density at radius 2 is 2.04 bits per heavy atom. The van der Waals surface area contributed by atoms with E-state index < -0.39 is 0 Å². The number of amides is 1. The van der Waals surface area contributed by atoms with Gasteiger partial charge in [0.1, 0.15) is 12.4 Å². The number of anilines is 2. The molecule has 0 aliphatic rings. The number of rotatable bonds is 6. The zero-order valence-electron chi connectivity index (χ0n) is 14.2. The van der Waals surface area contributed by atoms with E-state index in [0.29, 0.717) is 23.7 Å². The van der Waals surface area contributed by atoms with Crippen molar-refractivity contribution in [2.24, 2.45) is 0 Å². The first-order valence-corrected chi connectivity index (χ1v) is 7.89. The number of nitrogens with one attached hydrogen (secondary N) is 2. The molecule has 2 N–H and O–H groups in total. The molecule has 0 fully saturated rings. The molecule has 0 bridgehead atoms. The van der Waals surface area contributed by atoms with Crippen molar-refractivity contribution >= 4 is 28.3 Å². The minimum absolute atomic E-state index is 0.212. The molecule has 1 aromatic heterocycles. The van der Waals surface area contributed by atoms with Gasteiger partial charge in [0.05, 0.1) is 5.52 Å². The summed E-state index contributed by atoms with van der Waals surface area (Å²) >= 11 is 0. The molecule has 2 aromatic carbocycles. The zero-order chi connectivity index (χ0) is 17.8. The van der Waals surface area contributed by atoms with Gasteiger partial charge in [0.25, 0.3) is 5.91 Å². The van der Waals surface area contributed by atoms with Crippen molar-refractivity contribution < 1.29 is 9.53 Å². The van der Waals surface area contributed by atoms with Crippen LogP contribution >= 0.6 is 0 Å². The van der Waals surface area contributed by atoms with Crippen LogP contribution in [0.2, 0.25) is 0 Å². The van der Waals surface area contributed by atoms with Crippen LogP contribution in [0, 0.1) is 0 Å². The number of fused-ring (bicyclic) bond motifs is 1. The van der Waals surface area contributed by atoms with Crippen LogP contribution in [0.15, 0.2) is 55.1 Å². The summed E-state index contributed by atoms with van der Waals surface area (Å²) in [5, 5.41) is 10.7. The third kappa shape index (κ3) is 3.63. The fraction of sp³-hybridized carbons (Fsp3) is 0.158. The highest BCUT2D eigenvalue weighted by Gasteiger charge is 2.12. The lowest BCUT2D eigenvalue weighted by atomic mass is 10.2. The summed E-state index contributed by atoms with van der Waals surface area (Å²) in [7, 11) is 3.91. The second kappa shape index (κ2) is 7.09. The first-order chi connectivity index (χ1) is 12.1. The van der Waals surface area contributed by atoms with Gasteiger partial charge in [0, 0.05) is 30.7 Å². The van der Waals surface area contributed by atoms with Gasteiger partial charge in [-0.3, -0.25) is 9.89 Å². The number of H-pyrrole nitrogens is 1. The molecule has 3 rings (SSSR count). The Kier molecular flexibility index (Phi) is 4.70. The highest BCUT2D eigenvalue weighted by Crippen LogP contribution is 2.26. The number of carbonyl (C=O) groups is 1. The molecule has 0 saturated heterocycles. The van der Waals surface area contributed by atoms with Crippen LogP contribution < -0.4 is 15.0 Å². The van der Waals surface area contributed by atoms with Crippen molar-refractivity contribution in [3.8, 4) is 5.75 Å². The van der Waals surface area contributed by atoms with Crippen LogP contribution in [0.1, 0.15) is 10.4 Å². The maximum absolute atomic E-state index is 12.5. The van der Waals surface area contributed by atoms with E-state index in [2.05, 4.69) is 22.1 Å². The molecule has 0 saturated carbocycles. The van der Waals surface area contributed by atoms with Crippen LogP contribution in [0.4, 0.5) is 11.5 Å². The van der Waals surface area contributed by atoms with Crippen LogP contribution in [0.25, 0.3) is 10.9 Å². The van der Waals surface area contributed by atoms with E-state index in [0.717, 1.165) is 16.6 Å². The fourth-order valence-corrected chi connectivity index (χ4v) is 2.42. The molecule has 0 unspecified atom stereocenters. The molecule has 0 spiro atoms. The van der Waals surface area contributed by atoms with E-state index >= 15 is 0 Å². The molecule has 25 heavy (non-hydrogen) atoms. The summed E-state index contributed by atoms with van der Waals surface area (Å²) in [6, 6.07) is 12.9. The van der Waals surface area contributed by atoms with E-state index in [1.54, 1.807) is 18.2 Å². The highest BCUT2D eigenvalue weighted by molar-refractivity contribution is 6.08. The van der Waals surface area contributed by atoms with Gasteiger partial charge in [-0.15, -0.1) is 0 Å². The van der Waals surface area contributed by atoms with Crippen molar-refractivity contribution in [3.05, 3.63) is 60.7 Å². The Bertz CT molecular complexity index is 897. The molecule has 0 aliphatic carbocycles. The van der Waals surface area contributed by atoms with Crippen molar-refractivity contribution in [1.29, 1.82) is 0 Å². The third-order valence-electron chi connectivity index (χ3n) is 3.78. The molecule has 0 radical (unpaired) electrons. The highest BCUT2D eigenvalue weighted by atomic mass is 16.5. The first kappa shape index (κ1) is 16.6. The van der Waals surface area contributed by atoms with E-state index in [4.69, 9.17) is 4.74 Å². The van der Waals surface area contributed by atoms with Crippen molar-refractivity contribution in [3.63, 3.8) is 0 Å². The Labute approximate surface area is 146 Å². The van der Waals surface area contributed by atoms with Gasteiger partial charge < -0.3 is 15.0 Å². The topological polar surface area (TPSA) is 70.2 Å². The number of carbonyl (C=O) groups excluding carboxylic acids is 1. The molecule has 0 atom stereocenters. The maximum Gasteiger partial charge on any atom is 0.256 e. The van der Waals surface area contributed by atoms with Gasteiger partial charge in [-0.05, 0) is 42.5 Å². The Hall–Kier alpha value is -3.28. The molecular weight excluding hydrogens is 316 g/mol. The average Bonchev–Trinajstić information content (AvgIpc) is 3.02. The quantitative estimate of drug-likeness (QED) is 0.677. The Balaban J connectivity index is 1.81. The summed E-state index contributed by atoms with van der Waals surface area (Å²) in [6.45, 7) is 4.05. The predicted molar refractivity (Wildman–Crippen MR) is 101 cm³/mol. The van der Waals surface area contributed by atoms with Gasteiger partial charge in [-0.1, -0.05) is 12.7 Å². The van der Waals surface area contributed by atoms with Crippen molar-refractivity contribution in [2.75, 3.05) is 30.9 Å². The number of ether oxygens (including phenoxy) is 1. The second-order valence-electron chi connectivity index (χ2n) is 5.77. The van der Waals surface area contributed by atoms with Crippen LogP contribution in [0.5, 0.6) is 5.75 Å². The minimum atomic E-state index is -0.212. The molecule has 3 aromatic rings. The lowest BCUT2D eigenvalue weighted by Crippen LogP contribution is -2.13. The summed E-state index contributed by atoms with van der Waals surface area (Å²) in [5.41, 5.74) is 2.43. The number of nitrogens with zero attached hydrogens (tertiary/aromatic N) is 2. The normalized spacial score (nSPS) is 10.5. The molecule has 6 nitrogen and oxygen atoms in total. The molecule has 1 amide bonds. The van der Waals surface area contributed by atoms with Crippen molar-refractivity contribution in [2.45, 2.75) is 0 Å². The number of aromatic amines is 1. The number of benzene rings is 2. The van der Waals surface area contributed by atoms with Crippen molar-refractivity contribution in [1.82, 2.24) is 10.2 Å². The van der Waals surface area contributed by atoms with Gasteiger partial charge in [-0.25, -0.2) is 0 Å². The second-order valence-corrected chi connectivity index (χ2v) is 5.77.